The Morgan fingerprint density at radius 3 is 2.76 bits per heavy atom. The van der Waals surface area contributed by atoms with E-state index in [0.717, 1.165) is 25.0 Å². The van der Waals surface area contributed by atoms with Crippen LogP contribution >= 0.6 is 0 Å². The molecule has 1 aliphatic heterocycles. The Bertz CT molecular complexity index is 458. The van der Waals surface area contributed by atoms with Gasteiger partial charge in [0, 0.05) is 19.7 Å². The standard InChI is InChI=1S/C16H23FN2O2/c1-3-19(12(2)13-6-8-14(17)9-7-13)16(20)18-11-15-5-4-10-21-15/h6-9,12,15H,3-5,10-11H2,1-2H3,(H,18,20). The van der Waals surface area contributed by atoms with Crippen LogP contribution in [0.4, 0.5) is 9.18 Å². The average Bonchev–Trinajstić information content (AvgIpc) is 3.00. The van der Waals surface area contributed by atoms with Crippen molar-refractivity contribution in [3.63, 3.8) is 0 Å². The third-order valence-electron chi connectivity index (χ3n) is 3.93. The number of urea groups is 1. The van der Waals surface area contributed by atoms with E-state index < -0.39 is 0 Å². The molecule has 4 nitrogen and oxygen atoms in total. The number of amides is 2. The molecule has 0 saturated carbocycles. The van der Waals surface area contributed by atoms with Gasteiger partial charge in [-0.1, -0.05) is 12.1 Å². The van der Waals surface area contributed by atoms with E-state index in [4.69, 9.17) is 4.74 Å². The van der Waals surface area contributed by atoms with Gasteiger partial charge >= 0.3 is 6.03 Å². The third-order valence-corrected chi connectivity index (χ3v) is 3.93. The molecule has 2 amide bonds. The van der Waals surface area contributed by atoms with Crippen LogP contribution in [0.25, 0.3) is 0 Å². The molecular weight excluding hydrogens is 271 g/mol. The van der Waals surface area contributed by atoms with Gasteiger partial charge < -0.3 is 15.0 Å². The molecule has 2 atom stereocenters. The number of nitrogens with one attached hydrogen (secondary N) is 1. The first-order valence-electron chi connectivity index (χ1n) is 7.53. The highest BCUT2D eigenvalue weighted by Gasteiger charge is 2.22. The topological polar surface area (TPSA) is 41.6 Å². The first kappa shape index (κ1) is 15.8. The number of nitrogens with zero attached hydrogens (tertiary/aromatic N) is 1. The monoisotopic (exact) mass is 294 g/mol. The summed E-state index contributed by atoms with van der Waals surface area (Å²) in [6.07, 6.45) is 2.19. The van der Waals surface area contributed by atoms with Gasteiger partial charge in [0.15, 0.2) is 0 Å². The average molecular weight is 294 g/mol. The predicted octanol–water partition coefficient (Wildman–Crippen LogP) is 3.10. The lowest BCUT2D eigenvalue weighted by atomic mass is 10.1. The first-order chi connectivity index (χ1) is 10.1. The van der Waals surface area contributed by atoms with Gasteiger partial charge in [0.25, 0.3) is 0 Å². The van der Waals surface area contributed by atoms with Gasteiger partial charge in [0.2, 0.25) is 0 Å². The van der Waals surface area contributed by atoms with Crippen LogP contribution < -0.4 is 5.32 Å². The Labute approximate surface area is 125 Å². The molecule has 116 valence electrons. The van der Waals surface area contributed by atoms with Gasteiger partial charge in [-0.15, -0.1) is 0 Å². The molecule has 1 heterocycles. The number of carbonyl (C=O) groups excluding carboxylic acids is 1. The summed E-state index contributed by atoms with van der Waals surface area (Å²) in [5.74, 6) is -0.267. The van der Waals surface area contributed by atoms with E-state index in [1.165, 1.54) is 12.1 Å². The predicted molar refractivity (Wildman–Crippen MR) is 79.6 cm³/mol. The van der Waals surface area contributed by atoms with Crippen molar-refractivity contribution in [2.45, 2.75) is 38.8 Å². The molecule has 21 heavy (non-hydrogen) atoms. The highest BCUT2D eigenvalue weighted by Crippen LogP contribution is 2.20. The zero-order valence-corrected chi connectivity index (χ0v) is 12.6. The minimum atomic E-state index is -0.267. The fourth-order valence-corrected chi connectivity index (χ4v) is 2.62. The van der Waals surface area contributed by atoms with Crippen molar-refractivity contribution in [3.05, 3.63) is 35.6 Å². The second-order valence-corrected chi connectivity index (χ2v) is 5.33. The van der Waals surface area contributed by atoms with Crippen LogP contribution in [0.15, 0.2) is 24.3 Å². The van der Waals surface area contributed by atoms with Crippen LogP contribution in [0.5, 0.6) is 0 Å². The quantitative estimate of drug-likeness (QED) is 0.906. The van der Waals surface area contributed by atoms with Gasteiger partial charge in [0.05, 0.1) is 12.1 Å². The van der Waals surface area contributed by atoms with Crippen molar-refractivity contribution >= 4 is 6.03 Å². The zero-order valence-electron chi connectivity index (χ0n) is 12.6. The second-order valence-electron chi connectivity index (χ2n) is 5.33. The highest BCUT2D eigenvalue weighted by atomic mass is 19.1. The second kappa shape index (κ2) is 7.41. The lowest BCUT2D eigenvalue weighted by Gasteiger charge is -2.29. The molecule has 1 fully saturated rings. The summed E-state index contributed by atoms with van der Waals surface area (Å²) in [6.45, 7) is 5.81. The minimum absolute atomic E-state index is 0.0971. The Hall–Kier alpha value is -1.62. The number of hydrogen-bond acceptors (Lipinski definition) is 2. The molecule has 2 rings (SSSR count). The molecule has 0 spiro atoms. The van der Waals surface area contributed by atoms with Crippen LogP contribution in [0.3, 0.4) is 0 Å². The maximum atomic E-state index is 13.0. The fraction of sp³-hybridized carbons (Fsp3) is 0.562. The summed E-state index contributed by atoms with van der Waals surface area (Å²) in [4.78, 5) is 14.0. The number of ether oxygens (including phenoxy) is 1. The lowest BCUT2D eigenvalue weighted by molar-refractivity contribution is 0.107. The molecule has 0 aliphatic carbocycles. The maximum absolute atomic E-state index is 13.0. The molecule has 0 bridgehead atoms. The zero-order chi connectivity index (χ0) is 15.2. The van der Waals surface area contributed by atoms with E-state index in [9.17, 15) is 9.18 Å². The van der Waals surface area contributed by atoms with Gasteiger partial charge in [-0.3, -0.25) is 0 Å². The SMILES string of the molecule is CCN(C(=O)NCC1CCCO1)C(C)c1ccc(F)cc1. The van der Waals surface area contributed by atoms with Gasteiger partial charge in [-0.05, 0) is 44.4 Å². The van der Waals surface area contributed by atoms with Crippen molar-refractivity contribution in [1.82, 2.24) is 10.2 Å². The van der Waals surface area contributed by atoms with Crippen molar-refractivity contribution in [3.8, 4) is 0 Å². The molecular formula is C16H23FN2O2. The van der Waals surface area contributed by atoms with E-state index in [1.807, 2.05) is 13.8 Å². The summed E-state index contributed by atoms with van der Waals surface area (Å²) < 4.78 is 18.5. The normalized spacial score (nSPS) is 19.3. The molecule has 5 heteroatoms. The van der Waals surface area contributed by atoms with Gasteiger partial charge in [-0.25, -0.2) is 9.18 Å². The molecule has 1 aromatic rings. The number of halogens is 1. The van der Waals surface area contributed by atoms with Crippen LogP contribution in [-0.4, -0.2) is 36.7 Å². The third kappa shape index (κ3) is 4.17. The molecule has 1 aromatic carbocycles. The Morgan fingerprint density at radius 1 is 1.48 bits per heavy atom. The summed E-state index contributed by atoms with van der Waals surface area (Å²) >= 11 is 0. The van der Waals surface area contributed by atoms with Crippen molar-refractivity contribution in [2.75, 3.05) is 19.7 Å². The van der Waals surface area contributed by atoms with Gasteiger partial charge in [-0.2, -0.15) is 0 Å². The van der Waals surface area contributed by atoms with E-state index in [-0.39, 0.29) is 24.0 Å². The summed E-state index contributed by atoms with van der Waals surface area (Å²) in [6, 6.07) is 6.07. The number of carbonyl (C=O) groups is 1. The molecule has 1 saturated heterocycles. The molecule has 2 unspecified atom stereocenters. The van der Waals surface area contributed by atoms with E-state index in [1.54, 1.807) is 17.0 Å². The van der Waals surface area contributed by atoms with E-state index in [2.05, 4.69) is 5.32 Å². The summed E-state index contributed by atoms with van der Waals surface area (Å²) in [5.41, 5.74) is 0.922. The molecule has 1 aliphatic rings. The lowest BCUT2D eigenvalue weighted by Crippen LogP contribution is -2.43. The summed E-state index contributed by atoms with van der Waals surface area (Å²) in [7, 11) is 0. The van der Waals surface area contributed by atoms with E-state index in [0.29, 0.717) is 13.1 Å². The Balaban J connectivity index is 1.93. The number of benzene rings is 1. The Morgan fingerprint density at radius 2 is 2.19 bits per heavy atom. The highest BCUT2D eigenvalue weighted by molar-refractivity contribution is 5.74. The molecule has 0 aromatic heterocycles. The maximum Gasteiger partial charge on any atom is 0.317 e. The first-order valence-corrected chi connectivity index (χ1v) is 7.53. The van der Waals surface area contributed by atoms with Crippen molar-refractivity contribution < 1.29 is 13.9 Å². The fourth-order valence-electron chi connectivity index (χ4n) is 2.62. The van der Waals surface area contributed by atoms with Crippen LogP contribution in [0.2, 0.25) is 0 Å². The molecule has 0 radical (unpaired) electrons. The van der Waals surface area contributed by atoms with Crippen LogP contribution in [0.1, 0.15) is 38.3 Å². The van der Waals surface area contributed by atoms with Gasteiger partial charge in [0.1, 0.15) is 5.82 Å². The molecule has 1 N–H and O–H groups in total. The van der Waals surface area contributed by atoms with Crippen molar-refractivity contribution in [2.24, 2.45) is 0 Å². The van der Waals surface area contributed by atoms with E-state index >= 15 is 0 Å². The Kier molecular flexibility index (Phi) is 5.56. The minimum Gasteiger partial charge on any atom is -0.376 e. The number of rotatable bonds is 5. The summed E-state index contributed by atoms with van der Waals surface area (Å²) in [5, 5.41) is 2.93. The van der Waals surface area contributed by atoms with Crippen molar-refractivity contribution in [1.29, 1.82) is 0 Å². The smallest absolute Gasteiger partial charge is 0.317 e. The largest absolute Gasteiger partial charge is 0.376 e. The van der Waals surface area contributed by atoms with Crippen LogP contribution in [0, 0.1) is 5.82 Å². The number of hydrogen-bond donors (Lipinski definition) is 1. The van der Waals surface area contributed by atoms with Crippen LogP contribution in [-0.2, 0) is 4.74 Å².